The predicted molar refractivity (Wildman–Crippen MR) is 70.7 cm³/mol. The van der Waals surface area contributed by atoms with E-state index in [-0.39, 0.29) is 18.6 Å². The van der Waals surface area contributed by atoms with Gasteiger partial charge >= 0.3 is 6.03 Å². The summed E-state index contributed by atoms with van der Waals surface area (Å²) in [6.45, 7) is 4.10. The van der Waals surface area contributed by atoms with Crippen LogP contribution >= 0.6 is 0 Å². The number of halogens is 2. The fraction of sp³-hybridized carbons (Fsp3) is 0.500. The second kappa shape index (κ2) is 7.07. The first-order chi connectivity index (χ1) is 8.97. The zero-order valence-electron chi connectivity index (χ0n) is 11.5. The molecule has 106 valence electrons. The number of carbonyl (C=O) groups is 1. The lowest BCUT2D eigenvalue weighted by Gasteiger charge is -2.22. The summed E-state index contributed by atoms with van der Waals surface area (Å²) in [7, 11) is 1.58. The van der Waals surface area contributed by atoms with Crippen LogP contribution in [0.25, 0.3) is 0 Å². The van der Waals surface area contributed by atoms with Crippen molar-refractivity contribution in [1.29, 1.82) is 0 Å². The normalized spacial score (nSPS) is 10.6. The van der Waals surface area contributed by atoms with Gasteiger partial charge in [-0.3, -0.25) is 0 Å². The van der Waals surface area contributed by atoms with E-state index in [2.05, 4.69) is 5.32 Å². The maximum Gasteiger partial charge on any atom is 0.317 e. The predicted octanol–water partition coefficient (Wildman–Crippen LogP) is 3.29. The van der Waals surface area contributed by atoms with E-state index < -0.39 is 11.6 Å². The van der Waals surface area contributed by atoms with Crippen LogP contribution in [0.1, 0.15) is 32.3 Å². The van der Waals surface area contributed by atoms with Gasteiger partial charge in [-0.1, -0.05) is 19.9 Å². The molecule has 0 fully saturated rings. The van der Waals surface area contributed by atoms with Gasteiger partial charge in [0.15, 0.2) is 0 Å². The Morgan fingerprint density at radius 2 is 1.95 bits per heavy atom. The van der Waals surface area contributed by atoms with E-state index >= 15 is 0 Å². The maximum absolute atomic E-state index is 13.5. The summed E-state index contributed by atoms with van der Waals surface area (Å²) >= 11 is 0. The number of nitrogens with one attached hydrogen (secondary N) is 1. The van der Waals surface area contributed by atoms with Gasteiger partial charge < -0.3 is 10.2 Å². The number of amides is 2. The molecule has 0 spiro atoms. The summed E-state index contributed by atoms with van der Waals surface area (Å²) in [4.78, 5) is 13.3. The topological polar surface area (TPSA) is 32.3 Å². The summed E-state index contributed by atoms with van der Waals surface area (Å²) in [5, 5.41) is 2.86. The molecule has 0 unspecified atom stereocenters. The number of urea groups is 1. The maximum atomic E-state index is 13.5. The molecule has 1 aromatic carbocycles. The Kier molecular flexibility index (Phi) is 5.73. The Morgan fingerprint density at radius 1 is 1.32 bits per heavy atom. The standard InChI is InChI=1S/C14H20F2N2O/c1-4-12(5-2)17-14(19)18(3)9-10-6-7-11(15)8-13(10)16/h6-8,12H,4-5,9H2,1-3H3,(H,17,19). The van der Waals surface area contributed by atoms with Crippen molar-refractivity contribution in [2.75, 3.05) is 7.05 Å². The van der Waals surface area contributed by atoms with E-state index in [1.54, 1.807) is 7.05 Å². The average molecular weight is 270 g/mol. The fourth-order valence-electron chi connectivity index (χ4n) is 1.75. The Bertz CT molecular complexity index is 433. The summed E-state index contributed by atoms with van der Waals surface area (Å²) in [5.41, 5.74) is 0.295. The minimum absolute atomic E-state index is 0.109. The Hall–Kier alpha value is -1.65. The summed E-state index contributed by atoms with van der Waals surface area (Å²) in [6, 6.07) is 3.23. The Labute approximate surface area is 112 Å². The highest BCUT2D eigenvalue weighted by atomic mass is 19.1. The second-order valence-electron chi connectivity index (χ2n) is 4.55. The van der Waals surface area contributed by atoms with Gasteiger partial charge in [0.05, 0.1) is 0 Å². The molecule has 5 heteroatoms. The lowest BCUT2D eigenvalue weighted by atomic mass is 10.2. The van der Waals surface area contributed by atoms with Gasteiger partial charge in [-0.2, -0.15) is 0 Å². The van der Waals surface area contributed by atoms with Crippen molar-refractivity contribution >= 4 is 6.03 Å². The monoisotopic (exact) mass is 270 g/mol. The van der Waals surface area contributed by atoms with E-state index in [4.69, 9.17) is 0 Å². The number of hydrogen-bond donors (Lipinski definition) is 1. The van der Waals surface area contributed by atoms with Crippen LogP contribution in [-0.4, -0.2) is 24.0 Å². The largest absolute Gasteiger partial charge is 0.335 e. The Balaban J connectivity index is 2.63. The first-order valence-electron chi connectivity index (χ1n) is 6.43. The van der Waals surface area contributed by atoms with Crippen molar-refractivity contribution in [2.24, 2.45) is 0 Å². The average Bonchev–Trinajstić information content (AvgIpc) is 2.38. The van der Waals surface area contributed by atoms with E-state index in [1.807, 2.05) is 13.8 Å². The first-order valence-corrected chi connectivity index (χ1v) is 6.43. The van der Waals surface area contributed by atoms with Crippen molar-refractivity contribution < 1.29 is 13.6 Å². The number of hydrogen-bond acceptors (Lipinski definition) is 1. The van der Waals surface area contributed by atoms with Gasteiger partial charge in [0.1, 0.15) is 11.6 Å². The molecule has 19 heavy (non-hydrogen) atoms. The van der Waals surface area contributed by atoms with Crippen LogP contribution in [0, 0.1) is 11.6 Å². The molecule has 0 bridgehead atoms. The summed E-state index contributed by atoms with van der Waals surface area (Å²) in [6.07, 6.45) is 1.70. The van der Waals surface area contributed by atoms with Gasteiger partial charge in [0.2, 0.25) is 0 Å². The van der Waals surface area contributed by atoms with Crippen LogP contribution in [0.2, 0.25) is 0 Å². The highest BCUT2D eigenvalue weighted by Gasteiger charge is 2.14. The van der Waals surface area contributed by atoms with Crippen LogP contribution in [-0.2, 0) is 6.54 Å². The number of carbonyl (C=O) groups excluding carboxylic acids is 1. The highest BCUT2D eigenvalue weighted by molar-refractivity contribution is 5.74. The third-order valence-corrected chi connectivity index (χ3v) is 3.08. The zero-order chi connectivity index (χ0) is 14.4. The molecule has 1 rings (SSSR count). The molecule has 0 aliphatic heterocycles. The SMILES string of the molecule is CCC(CC)NC(=O)N(C)Cc1ccc(F)cc1F. The molecule has 0 radical (unpaired) electrons. The van der Waals surface area contributed by atoms with Crippen molar-refractivity contribution in [1.82, 2.24) is 10.2 Å². The van der Waals surface area contributed by atoms with Gasteiger partial charge in [0.25, 0.3) is 0 Å². The van der Waals surface area contributed by atoms with E-state index in [0.29, 0.717) is 5.56 Å². The van der Waals surface area contributed by atoms with Crippen molar-refractivity contribution in [3.8, 4) is 0 Å². The summed E-state index contributed by atoms with van der Waals surface area (Å²) < 4.78 is 26.2. The number of nitrogens with zero attached hydrogens (tertiary/aromatic N) is 1. The quantitative estimate of drug-likeness (QED) is 0.874. The molecule has 0 aliphatic rings. The van der Waals surface area contributed by atoms with Crippen LogP contribution < -0.4 is 5.32 Å². The van der Waals surface area contributed by atoms with E-state index in [0.717, 1.165) is 18.9 Å². The molecule has 1 aromatic rings. The van der Waals surface area contributed by atoms with Gasteiger partial charge in [0, 0.05) is 31.3 Å². The summed E-state index contributed by atoms with van der Waals surface area (Å²) in [5.74, 6) is -1.26. The zero-order valence-corrected chi connectivity index (χ0v) is 11.5. The molecule has 0 aliphatic carbocycles. The Morgan fingerprint density at radius 3 is 2.47 bits per heavy atom. The van der Waals surface area contributed by atoms with Crippen LogP contribution in [0.15, 0.2) is 18.2 Å². The van der Waals surface area contributed by atoms with Crippen molar-refractivity contribution in [3.05, 3.63) is 35.4 Å². The fourth-order valence-corrected chi connectivity index (χ4v) is 1.75. The first kappa shape index (κ1) is 15.4. The molecular weight excluding hydrogens is 250 g/mol. The molecule has 3 nitrogen and oxygen atoms in total. The smallest absolute Gasteiger partial charge is 0.317 e. The molecular formula is C14H20F2N2O. The van der Waals surface area contributed by atoms with E-state index in [1.165, 1.54) is 17.0 Å². The van der Waals surface area contributed by atoms with Crippen LogP contribution in [0.5, 0.6) is 0 Å². The molecule has 0 heterocycles. The van der Waals surface area contributed by atoms with Gasteiger partial charge in [-0.05, 0) is 18.9 Å². The molecule has 2 amide bonds. The third kappa shape index (κ3) is 4.50. The second-order valence-corrected chi connectivity index (χ2v) is 4.55. The van der Waals surface area contributed by atoms with Crippen molar-refractivity contribution in [3.63, 3.8) is 0 Å². The van der Waals surface area contributed by atoms with Gasteiger partial charge in [-0.25, -0.2) is 13.6 Å². The number of rotatable bonds is 5. The van der Waals surface area contributed by atoms with Crippen LogP contribution in [0.4, 0.5) is 13.6 Å². The number of benzene rings is 1. The lowest BCUT2D eigenvalue weighted by Crippen LogP contribution is -2.42. The molecule has 0 saturated carbocycles. The lowest BCUT2D eigenvalue weighted by molar-refractivity contribution is 0.201. The van der Waals surface area contributed by atoms with Crippen molar-refractivity contribution in [2.45, 2.75) is 39.3 Å². The molecule has 0 atom stereocenters. The molecule has 0 saturated heterocycles. The molecule has 0 aromatic heterocycles. The highest BCUT2D eigenvalue weighted by Crippen LogP contribution is 2.11. The minimum Gasteiger partial charge on any atom is -0.335 e. The van der Waals surface area contributed by atoms with E-state index in [9.17, 15) is 13.6 Å². The third-order valence-electron chi connectivity index (χ3n) is 3.08. The van der Waals surface area contributed by atoms with Crippen LogP contribution in [0.3, 0.4) is 0 Å². The molecule has 1 N–H and O–H groups in total. The van der Waals surface area contributed by atoms with Gasteiger partial charge in [-0.15, -0.1) is 0 Å². The minimum atomic E-state index is -0.637.